The smallest absolute Gasteiger partial charge is 0.0642 e. The monoisotopic (exact) mass is 463 g/mol. The van der Waals surface area contributed by atoms with Crippen molar-refractivity contribution in [2.24, 2.45) is 5.41 Å². The van der Waals surface area contributed by atoms with Crippen molar-refractivity contribution in [1.29, 1.82) is 0 Å². The summed E-state index contributed by atoms with van der Waals surface area (Å²) in [7, 11) is 0. The van der Waals surface area contributed by atoms with E-state index in [1.54, 1.807) is 5.56 Å². The first kappa shape index (κ1) is 25.6. The number of nitrogens with zero attached hydrogens (tertiary/aromatic N) is 3. The van der Waals surface area contributed by atoms with Gasteiger partial charge in [-0.1, -0.05) is 33.6 Å². The van der Waals surface area contributed by atoms with E-state index in [0.29, 0.717) is 5.41 Å². The fourth-order valence-electron chi connectivity index (χ4n) is 6.20. The molecule has 32 heavy (non-hydrogen) atoms. The highest BCUT2D eigenvalue weighted by atomic mass is 35.5. The van der Waals surface area contributed by atoms with E-state index in [4.69, 9.17) is 4.74 Å². The molecule has 3 fully saturated rings. The van der Waals surface area contributed by atoms with Gasteiger partial charge in [0.2, 0.25) is 0 Å². The van der Waals surface area contributed by atoms with Crippen LogP contribution in [0.15, 0.2) is 18.2 Å². The summed E-state index contributed by atoms with van der Waals surface area (Å²) in [6.07, 6.45) is 9.46. The summed E-state index contributed by atoms with van der Waals surface area (Å²) in [4.78, 5) is 7.85. The topological polar surface area (TPSA) is 19.0 Å². The molecule has 0 spiro atoms. The number of rotatable bonds is 7. The zero-order valence-corrected chi connectivity index (χ0v) is 21.6. The number of hydrogen-bond donors (Lipinski definition) is 0. The molecule has 1 aromatic rings. The van der Waals surface area contributed by atoms with Gasteiger partial charge >= 0.3 is 0 Å². The van der Waals surface area contributed by atoms with Crippen molar-refractivity contribution >= 4 is 23.8 Å². The van der Waals surface area contributed by atoms with Crippen LogP contribution < -0.4 is 9.80 Å². The molecule has 4 nitrogen and oxygen atoms in total. The van der Waals surface area contributed by atoms with E-state index in [2.05, 4.69) is 53.7 Å². The lowest BCUT2D eigenvalue weighted by Gasteiger charge is -2.42. The molecule has 0 N–H and O–H groups in total. The molecule has 1 aromatic carbocycles. The number of ether oxygens (including phenoxy) is 1. The summed E-state index contributed by atoms with van der Waals surface area (Å²) >= 11 is 0. The molecule has 1 aliphatic carbocycles. The number of anilines is 2. The van der Waals surface area contributed by atoms with Crippen molar-refractivity contribution in [2.45, 2.75) is 71.6 Å². The molecule has 0 unspecified atom stereocenters. The van der Waals surface area contributed by atoms with Crippen LogP contribution in [-0.2, 0) is 4.74 Å². The molecular formula is C27H46ClN3O. The van der Waals surface area contributed by atoms with Gasteiger partial charge in [-0.2, -0.15) is 0 Å². The van der Waals surface area contributed by atoms with Crippen LogP contribution in [0, 0.1) is 5.41 Å². The van der Waals surface area contributed by atoms with Crippen LogP contribution in [0.5, 0.6) is 0 Å². The molecule has 0 bridgehead atoms. The van der Waals surface area contributed by atoms with Gasteiger partial charge in [-0.3, -0.25) is 4.90 Å². The molecule has 2 saturated heterocycles. The third-order valence-electron chi connectivity index (χ3n) is 8.63. The summed E-state index contributed by atoms with van der Waals surface area (Å²) in [6, 6.07) is 7.40. The summed E-state index contributed by atoms with van der Waals surface area (Å²) < 4.78 is 5.61. The van der Waals surface area contributed by atoms with E-state index >= 15 is 0 Å². The Bertz CT molecular complexity index is 684. The zero-order valence-electron chi connectivity index (χ0n) is 20.8. The largest absolute Gasteiger partial charge is 0.378 e. The van der Waals surface area contributed by atoms with Crippen molar-refractivity contribution < 1.29 is 4.74 Å². The van der Waals surface area contributed by atoms with Crippen molar-refractivity contribution in [1.82, 2.24) is 4.90 Å². The number of hydrogen-bond acceptors (Lipinski definition) is 4. The molecule has 182 valence electrons. The van der Waals surface area contributed by atoms with Gasteiger partial charge in [0.1, 0.15) is 0 Å². The van der Waals surface area contributed by atoms with Gasteiger partial charge in [-0.05, 0) is 73.7 Å². The van der Waals surface area contributed by atoms with Crippen molar-refractivity contribution in [3.63, 3.8) is 0 Å². The van der Waals surface area contributed by atoms with Gasteiger partial charge in [0.15, 0.2) is 0 Å². The summed E-state index contributed by atoms with van der Waals surface area (Å²) in [6.45, 7) is 16.9. The maximum atomic E-state index is 5.61. The second kappa shape index (κ2) is 11.9. The Balaban J connectivity index is 0.00000289. The van der Waals surface area contributed by atoms with Crippen molar-refractivity contribution in [2.75, 3.05) is 68.8 Å². The van der Waals surface area contributed by atoms with E-state index in [1.165, 1.54) is 89.0 Å². The molecule has 0 amide bonds. The van der Waals surface area contributed by atoms with Gasteiger partial charge in [0.05, 0.1) is 13.2 Å². The van der Waals surface area contributed by atoms with Crippen LogP contribution in [0.25, 0.3) is 0 Å². The third kappa shape index (κ3) is 5.74. The Morgan fingerprint density at radius 1 is 0.875 bits per heavy atom. The van der Waals surface area contributed by atoms with E-state index in [-0.39, 0.29) is 12.4 Å². The predicted molar refractivity (Wildman–Crippen MR) is 140 cm³/mol. The first-order valence-electron chi connectivity index (χ1n) is 13.1. The lowest BCUT2D eigenvalue weighted by atomic mass is 9.66. The van der Waals surface area contributed by atoms with E-state index in [0.717, 1.165) is 32.2 Å². The fourth-order valence-corrected chi connectivity index (χ4v) is 6.20. The molecule has 0 atom stereocenters. The van der Waals surface area contributed by atoms with E-state index in [9.17, 15) is 0 Å². The Labute approximate surface area is 203 Å². The van der Waals surface area contributed by atoms with Crippen LogP contribution in [0.1, 0.15) is 77.2 Å². The highest BCUT2D eigenvalue weighted by molar-refractivity contribution is 5.85. The van der Waals surface area contributed by atoms with Crippen LogP contribution in [-0.4, -0.2) is 63.9 Å². The van der Waals surface area contributed by atoms with Crippen molar-refractivity contribution in [3.8, 4) is 0 Å². The number of morpholine rings is 1. The Kier molecular flexibility index (Phi) is 9.57. The molecule has 1 saturated carbocycles. The first-order chi connectivity index (χ1) is 15.2. The number of benzene rings is 1. The first-order valence-corrected chi connectivity index (χ1v) is 13.1. The van der Waals surface area contributed by atoms with Crippen LogP contribution in [0.2, 0.25) is 0 Å². The molecule has 3 aliphatic rings. The normalized spacial score (nSPS) is 22.6. The van der Waals surface area contributed by atoms with Crippen molar-refractivity contribution in [3.05, 3.63) is 23.8 Å². The zero-order chi connectivity index (χ0) is 21.7. The van der Waals surface area contributed by atoms with Crippen LogP contribution in [0.4, 0.5) is 11.4 Å². The molecule has 0 radical (unpaired) electrons. The van der Waals surface area contributed by atoms with Crippen LogP contribution >= 0.6 is 12.4 Å². The summed E-state index contributed by atoms with van der Waals surface area (Å²) in [5.41, 5.74) is 5.17. The van der Waals surface area contributed by atoms with Gasteiger partial charge in [0, 0.05) is 50.6 Å². The predicted octanol–water partition coefficient (Wildman–Crippen LogP) is 5.94. The average Bonchev–Trinajstić information content (AvgIpc) is 2.85. The molecule has 0 aromatic heterocycles. The second-order valence-electron chi connectivity index (χ2n) is 10.2. The maximum Gasteiger partial charge on any atom is 0.0642 e. The Morgan fingerprint density at radius 3 is 2.12 bits per heavy atom. The SMILES string of the molecule is CCCN1CCN(c2ccc(N3CCOCC3)cc2C2CCC(CC)(CC)CC2)CC1.Cl. The maximum absolute atomic E-state index is 5.61. The number of piperazine rings is 1. The fraction of sp³-hybridized carbons (Fsp3) is 0.778. The highest BCUT2D eigenvalue weighted by Gasteiger charge is 2.34. The minimum absolute atomic E-state index is 0. The quantitative estimate of drug-likeness (QED) is 0.497. The summed E-state index contributed by atoms with van der Waals surface area (Å²) in [5.74, 6) is 0.718. The standard InChI is InChI=1S/C27H45N3O.ClH/c1-4-13-28-14-16-30(17-15-28)26-8-7-24(29-18-20-31-21-19-29)22-25(26)23-9-11-27(5-2,6-3)12-10-23;/h7-8,22-23H,4-6,9-21H2,1-3H3;1H. The minimum Gasteiger partial charge on any atom is -0.378 e. The number of halogens is 1. The lowest BCUT2D eigenvalue weighted by molar-refractivity contribution is 0.122. The Hall–Kier alpha value is -0.970. The molecule has 2 heterocycles. The van der Waals surface area contributed by atoms with E-state index < -0.39 is 0 Å². The van der Waals surface area contributed by atoms with Gasteiger partial charge in [-0.15, -0.1) is 12.4 Å². The van der Waals surface area contributed by atoms with Gasteiger partial charge < -0.3 is 14.5 Å². The lowest BCUT2D eigenvalue weighted by Crippen LogP contribution is -2.47. The summed E-state index contributed by atoms with van der Waals surface area (Å²) in [5, 5.41) is 0. The molecule has 4 rings (SSSR count). The minimum atomic E-state index is 0. The van der Waals surface area contributed by atoms with E-state index in [1.807, 2.05) is 0 Å². The van der Waals surface area contributed by atoms with Gasteiger partial charge in [-0.25, -0.2) is 0 Å². The van der Waals surface area contributed by atoms with Gasteiger partial charge in [0.25, 0.3) is 0 Å². The average molecular weight is 464 g/mol. The molecule has 2 aliphatic heterocycles. The molecular weight excluding hydrogens is 418 g/mol. The third-order valence-corrected chi connectivity index (χ3v) is 8.63. The highest BCUT2D eigenvalue weighted by Crippen LogP contribution is 2.49. The second-order valence-corrected chi connectivity index (χ2v) is 10.2. The molecule has 5 heteroatoms. The van der Waals surface area contributed by atoms with Crippen LogP contribution in [0.3, 0.4) is 0 Å². The Morgan fingerprint density at radius 2 is 1.53 bits per heavy atom.